The third kappa shape index (κ3) is 6.49. The molecule has 0 bridgehead atoms. The molecular formula is C16H23BrClN3O2. The molecule has 1 aliphatic heterocycles. The summed E-state index contributed by atoms with van der Waals surface area (Å²) >= 11 is 3.40. The van der Waals surface area contributed by atoms with Gasteiger partial charge in [0.15, 0.2) is 0 Å². The van der Waals surface area contributed by atoms with Crippen molar-refractivity contribution in [3.8, 4) is 0 Å². The van der Waals surface area contributed by atoms with E-state index in [0.29, 0.717) is 6.42 Å². The van der Waals surface area contributed by atoms with E-state index in [0.717, 1.165) is 42.6 Å². The van der Waals surface area contributed by atoms with Gasteiger partial charge in [0.1, 0.15) is 0 Å². The highest BCUT2D eigenvalue weighted by Gasteiger charge is 2.21. The van der Waals surface area contributed by atoms with Gasteiger partial charge in [-0.1, -0.05) is 28.1 Å². The molecule has 0 saturated carbocycles. The lowest BCUT2D eigenvalue weighted by Gasteiger charge is -2.24. The van der Waals surface area contributed by atoms with E-state index in [2.05, 4.69) is 26.6 Å². The standard InChI is InChI=1S/C16H22BrN3O2.ClH/c1-12(21)19-15(13-3-5-14(17)6-4-13)11-16(22)20-9-2-7-18-8-10-20;/h3-6,15,18H,2,7-11H2,1H3,(H,19,21);1H. The third-order valence-electron chi connectivity index (χ3n) is 3.72. The first kappa shape index (κ1) is 19.9. The molecule has 128 valence electrons. The molecule has 1 unspecified atom stereocenters. The highest BCUT2D eigenvalue weighted by Crippen LogP contribution is 2.21. The van der Waals surface area contributed by atoms with Gasteiger partial charge in [0.25, 0.3) is 0 Å². The maximum atomic E-state index is 12.5. The molecule has 1 atom stereocenters. The highest BCUT2D eigenvalue weighted by atomic mass is 79.9. The number of nitrogens with zero attached hydrogens (tertiary/aromatic N) is 1. The van der Waals surface area contributed by atoms with Crippen molar-refractivity contribution in [2.24, 2.45) is 0 Å². The molecule has 1 fully saturated rings. The monoisotopic (exact) mass is 403 g/mol. The quantitative estimate of drug-likeness (QED) is 0.809. The lowest BCUT2D eigenvalue weighted by Crippen LogP contribution is -2.37. The van der Waals surface area contributed by atoms with Crippen LogP contribution in [0.5, 0.6) is 0 Å². The molecule has 1 saturated heterocycles. The first-order valence-electron chi connectivity index (χ1n) is 7.57. The zero-order valence-electron chi connectivity index (χ0n) is 13.2. The third-order valence-corrected chi connectivity index (χ3v) is 4.25. The summed E-state index contributed by atoms with van der Waals surface area (Å²) in [7, 11) is 0. The number of rotatable bonds is 4. The zero-order valence-corrected chi connectivity index (χ0v) is 15.6. The lowest BCUT2D eigenvalue weighted by molar-refractivity contribution is -0.131. The summed E-state index contributed by atoms with van der Waals surface area (Å²) in [6, 6.07) is 7.42. The minimum absolute atomic E-state index is 0. The Morgan fingerprint density at radius 3 is 2.61 bits per heavy atom. The Kier molecular flexibility index (Phi) is 8.58. The molecule has 1 heterocycles. The fraction of sp³-hybridized carbons (Fsp3) is 0.500. The molecule has 1 aromatic rings. The Morgan fingerprint density at radius 1 is 1.26 bits per heavy atom. The van der Waals surface area contributed by atoms with Gasteiger partial charge in [-0.05, 0) is 30.7 Å². The number of hydrogen-bond acceptors (Lipinski definition) is 3. The van der Waals surface area contributed by atoms with Crippen molar-refractivity contribution in [2.45, 2.75) is 25.8 Å². The Morgan fingerprint density at radius 2 is 1.96 bits per heavy atom. The zero-order chi connectivity index (χ0) is 15.9. The van der Waals surface area contributed by atoms with Gasteiger partial charge in [-0.25, -0.2) is 0 Å². The van der Waals surface area contributed by atoms with Crippen LogP contribution in [-0.4, -0.2) is 42.9 Å². The molecule has 0 aliphatic carbocycles. The van der Waals surface area contributed by atoms with E-state index in [9.17, 15) is 9.59 Å². The Balaban J connectivity index is 0.00000264. The molecule has 2 amide bonds. The van der Waals surface area contributed by atoms with E-state index in [-0.39, 0.29) is 30.3 Å². The average Bonchev–Trinajstić information content (AvgIpc) is 2.76. The summed E-state index contributed by atoms with van der Waals surface area (Å²) in [5.74, 6) is -0.0383. The fourth-order valence-corrected chi connectivity index (χ4v) is 2.86. The van der Waals surface area contributed by atoms with Gasteiger partial charge in [0, 0.05) is 31.0 Å². The predicted octanol–water partition coefficient (Wildman–Crippen LogP) is 2.26. The number of amides is 2. The molecule has 23 heavy (non-hydrogen) atoms. The molecule has 1 aromatic carbocycles. The topological polar surface area (TPSA) is 61.4 Å². The molecule has 2 N–H and O–H groups in total. The van der Waals surface area contributed by atoms with E-state index in [4.69, 9.17) is 0 Å². The Labute approximate surface area is 151 Å². The van der Waals surface area contributed by atoms with Crippen molar-refractivity contribution in [3.63, 3.8) is 0 Å². The minimum atomic E-state index is -0.283. The number of halogens is 2. The van der Waals surface area contributed by atoms with E-state index in [1.807, 2.05) is 29.2 Å². The van der Waals surface area contributed by atoms with Crippen LogP contribution in [0.3, 0.4) is 0 Å². The largest absolute Gasteiger partial charge is 0.349 e. The van der Waals surface area contributed by atoms with Gasteiger partial charge in [-0.3, -0.25) is 9.59 Å². The summed E-state index contributed by atoms with van der Waals surface area (Å²) in [4.78, 5) is 25.9. The summed E-state index contributed by atoms with van der Waals surface area (Å²) in [6.07, 6.45) is 1.26. The molecule has 7 heteroatoms. The van der Waals surface area contributed by atoms with E-state index >= 15 is 0 Å². The van der Waals surface area contributed by atoms with E-state index < -0.39 is 0 Å². The summed E-state index contributed by atoms with van der Waals surface area (Å²) in [5.41, 5.74) is 0.944. The highest BCUT2D eigenvalue weighted by molar-refractivity contribution is 9.10. The maximum Gasteiger partial charge on any atom is 0.225 e. The van der Waals surface area contributed by atoms with Crippen LogP contribution < -0.4 is 10.6 Å². The van der Waals surface area contributed by atoms with Crippen molar-refractivity contribution in [1.29, 1.82) is 0 Å². The average molecular weight is 405 g/mol. The van der Waals surface area contributed by atoms with Gasteiger partial charge in [-0.2, -0.15) is 0 Å². The smallest absolute Gasteiger partial charge is 0.225 e. The maximum absolute atomic E-state index is 12.5. The lowest BCUT2D eigenvalue weighted by atomic mass is 10.0. The van der Waals surface area contributed by atoms with Crippen LogP contribution in [0.25, 0.3) is 0 Å². The number of carbonyl (C=O) groups excluding carboxylic acids is 2. The van der Waals surface area contributed by atoms with Gasteiger partial charge < -0.3 is 15.5 Å². The van der Waals surface area contributed by atoms with Gasteiger partial charge >= 0.3 is 0 Å². The molecular weight excluding hydrogens is 382 g/mol. The molecule has 0 radical (unpaired) electrons. The van der Waals surface area contributed by atoms with Gasteiger partial charge in [0.05, 0.1) is 12.5 Å². The number of nitrogens with one attached hydrogen (secondary N) is 2. The van der Waals surface area contributed by atoms with Crippen molar-refractivity contribution >= 4 is 40.2 Å². The molecule has 0 aromatic heterocycles. The predicted molar refractivity (Wildman–Crippen MR) is 96.6 cm³/mol. The van der Waals surface area contributed by atoms with Crippen LogP contribution in [-0.2, 0) is 9.59 Å². The summed E-state index contributed by atoms with van der Waals surface area (Å²) in [5, 5.41) is 6.17. The Bertz CT molecular complexity index is 517. The van der Waals surface area contributed by atoms with Crippen molar-refractivity contribution in [3.05, 3.63) is 34.3 Å². The first-order valence-corrected chi connectivity index (χ1v) is 8.36. The van der Waals surface area contributed by atoms with Crippen molar-refractivity contribution in [2.75, 3.05) is 26.2 Å². The van der Waals surface area contributed by atoms with E-state index in [1.165, 1.54) is 6.92 Å². The normalized spacial score (nSPS) is 16.0. The molecule has 0 spiro atoms. The van der Waals surface area contributed by atoms with E-state index in [1.54, 1.807) is 0 Å². The number of benzene rings is 1. The second-order valence-corrected chi connectivity index (χ2v) is 6.41. The van der Waals surface area contributed by atoms with Crippen LogP contribution in [0.15, 0.2) is 28.7 Å². The second-order valence-electron chi connectivity index (χ2n) is 5.49. The number of carbonyl (C=O) groups is 2. The van der Waals surface area contributed by atoms with Crippen molar-refractivity contribution < 1.29 is 9.59 Å². The number of hydrogen-bond donors (Lipinski definition) is 2. The summed E-state index contributed by atoms with van der Waals surface area (Å²) < 4.78 is 0.975. The van der Waals surface area contributed by atoms with Crippen LogP contribution in [0.2, 0.25) is 0 Å². The Hall–Kier alpha value is -1.11. The van der Waals surface area contributed by atoms with Gasteiger partial charge in [0.2, 0.25) is 11.8 Å². The summed E-state index contributed by atoms with van der Waals surface area (Å²) in [6.45, 7) is 4.76. The molecule has 5 nitrogen and oxygen atoms in total. The van der Waals surface area contributed by atoms with Gasteiger partial charge in [-0.15, -0.1) is 12.4 Å². The fourth-order valence-electron chi connectivity index (χ4n) is 2.59. The van der Waals surface area contributed by atoms with Crippen LogP contribution in [0, 0.1) is 0 Å². The SMILES string of the molecule is CC(=O)NC(CC(=O)N1CCCNCC1)c1ccc(Br)cc1.Cl. The van der Waals surface area contributed by atoms with Crippen molar-refractivity contribution in [1.82, 2.24) is 15.5 Å². The first-order chi connectivity index (χ1) is 10.6. The second kappa shape index (κ2) is 9.90. The minimum Gasteiger partial charge on any atom is -0.349 e. The van der Waals surface area contributed by atoms with Crippen LogP contribution in [0.4, 0.5) is 0 Å². The van der Waals surface area contributed by atoms with Crippen LogP contribution >= 0.6 is 28.3 Å². The molecule has 2 rings (SSSR count). The molecule has 1 aliphatic rings. The van der Waals surface area contributed by atoms with Crippen LogP contribution in [0.1, 0.15) is 31.4 Å².